The number of carbonyl (C=O) groups excluding carboxylic acids is 1. The van der Waals surface area contributed by atoms with Gasteiger partial charge in [-0.05, 0) is 42.9 Å². The van der Waals surface area contributed by atoms with Gasteiger partial charge < -0.3 is 4.74 Å². The summed E-state index contributed by atoms with van der Waals surface area (Å²) >= 11 is 0. The van der Waals surface area contributed by atoms with Gasteiger partial charge >= 0.3 is 5.97 Å². The number of carbonyl (C=O) groups is 1. The molecule has 120 valence electrons. The maximum Gasteiger partial charge on any atom is 0.312 e. The van der Waals surface area contributed by atoms with E-state index in [1.807, 2.05) is 0 Å². The molecule has 0 fully saturated rings. The number of rotatable bonds is 6. The molecule has 0 bridgehead atoms. The highest BCUT2D eigenvalue weighted by molar-refractivity contribution is 5.77. The summed E-state index contributed by atoms with van der Waals surface area (Å²) < 4.78 is 5.59. The third-order valence-electron chi connectivity index (χ3n) is 4.15. The van der Waals surface area contributed by atoms with Crippen molar-refractivity contribution in [3.63, 3.8) is 0 Å². The molecule has 0 aromatic carbocycles. The third kappa shape index (κ3) is 6.28. The first kappa shape index (κ1) is 19.5. The molecule has 2 nitrogen and oxygen atoms in total. The third-order valence-corrected chi connectivity index (χ3v) is 4.15. The number of hydrogen-bond acceptors (Lipinski definition) is 2. The molecular formula is C18H36O2. The van der Waals surface area contributed by atoms with Crippen molar-refractivity contribution in [3.05, 3.63) is 0 Å². The van der Waals surface area contributed by atoms with E-state index in [9.17, 15) is 4.79 Å². The minimum Gasteiger partial charge on any atom is -0.465 e. The molecule has 0 aliphatic carbocycles. The summed E-state index contributed by atoms with van der Waals surface area (Å²) in [7, 11) is 0. The van der Waals surface area contributed by atoms with Gasteiger partial charge in [-0.1, -0.05) is 55.4 Å². The van der Waals surface area contributed by atoms with Crippen LogP contribution in [-0.2, 0) is 9.53 Å². The van der Waals surface area contributed by atoms with Crippen molar-refractivity contribution in [1.29, 1.82) is 0 Å². The molecule has 0 saturated heterocycles. The zero-order valence-corrected chi connectivity index (χ0v) is 15.2. The molecule has 20 heavy (non-hydrogen) atoms. The predicted molar refractivity (Wildman–Crippen MR) is 86.7 cm³/mol. The standard InChI is InChI=1S/C18H36O2/c1-14(2)11-10-12-20-15(19)18(9,17(6,7)8)13-16(3,4)5/h14H,10-13H2,1-9H3. The number of esters is 1. The van der Waals surface area contributed by atoms with Crippen LogP contribution in [-0.4, -0.2) is 12.6 Å². The van der Waals surface area contributed by atoms with Crippen molar-refractivity contribution >= 4 is 5.97 Å². The SMILES string of the molecule is CC(C)CCCOC(=O)C(C)(CC(C)(C)C)C(C)(C)C. The topological polar surface area (TPSA) is 26.3 Å². The first-order valence-electron chi connectivity index (χ1n) is 7.97. The Balaban J connectivity index is 4.76. The van der Waals surface area contributed by atoms with Crippen LogP contribution in [0.1, 0.15) is 81.6 Å². The molecule has 2 heteroatoms. The predicted octanol–water partition coefficient (Wildman–Crippen LogP) is 5.45. The first-order chi connectivity index (χ1) is 8.79. The molecular weight excluding hydrogens is 248 g/mol. The van der Waals surface area contributed by atoms with Crippen molar-refractivity contribution in [1.82, 2.24) is 0 Å². The van der Waals surface area contributed by atoms with Crippen molar-refractivity contribution in [3.8, 4) is 0 Å². The van der Waals surface area contributed by atoms with Gasteiger partial charge in [0, 0.05) is 0 Å². The highest BCUT2D eigenvalue weighted by atomic mass is 16.5. The fourth-order valence-corrected chi connectivity index (χ4v) is 2.52. The molecule has 0 radical (unpaired) electrons. The first-order valence-corrected chi connectivity index (χ1v) is 7.97. The van der Waals surface area contributed by atoms with Gasteiger partial charge in [0.25, 0.3) is 0 Å². The lowest BCUT2D eigenvalue weighted by Crippen LogP contribution is -2.44. The van der Waals surface area contributed by atoms with Crippen molar-refractivity contribution in [2.45, 2.75) is 81.6 Å². The van der Waals surface area contributed by atoms with Gasteiger partial charge in [0.05, 0.1) is 12.0 Å². The second-order valence-corrected chi connectivity index (χ2v) is 8.99. The number of ether oxygens (including phenoxy) is 1. The van der Waals surface area contributed by atoms with Crippen LogP contribution in [0.25, 0.3) is 0 Å². The molecule has 0 N–H and O–H groups in total. The van der Waals surface area contributed by atoms with Crippen molar-refractivity contribution < 1.29 is 9.53 Å². The summed E-state index contributed by atoms with van der Waals surface area (Å²) in [4.78, 5) is 12.6. The Bertz CT molecular complexity index is 304. The van der Waals surface area contributed by atoms with Crippen LogP contribution >= 0.6 is 0 Å². The lowest BCUT2D eigenvalue weighted by molar-refractivity contribution is -0.165. The fraction of sp³-hybridized carbons (Fsp3) is 0.944. The summed E-state index contributed by atoms with van der Waals surface area (Å²) in [6.07, 6.45) is 2.91. The molecule has 0 spiro atoms. The Morgan fingerprint density at radius 2 is 1.50 bits per heavy atom. The van der Waals surface area contributed by atoms with Crippen LogP contribution in [0.2, 0.25) is 0 Å². The smallest absolute Gasteiger partial charge is 0.312 e. The summed E-state index contributed by atoms with van der Waals surface area (Å²) in [5, 5.41) is 0. The highest BCUT2D eigenvalue weighted by Crippen LogP contribution is 2.47. The van der Waals surface area contributed by atoms with Crippen molar-refractivity contribution in [2.24, 2.45) is 22.2 Å². The fourth-order valence-electron chi connectivity index (χ4n) is 2.52. The summed E-state index contributed by atoms with van der Waals surface area (Å²) in [5.41, 5.74) is -0.433. The van der Waals surface area contributed by atoms with E-state index in [-0.39, 0.29) is 16.8 Å². The summed E-state index contributed by atoms with van der Waals surface area (Å²) in [6, 6.07) is 0. The average Bonchev–Trinajstić information content (AvgIpc) is 2.19. The highest BCUT2D eigenvalue weighted by Gasteiger charge is 2.47. The van der Waals surface area contributed by atoms with Crippen LogP contribution in [0.4, 0.5) is 0 Å². The van der Waals surface area contributed by atoms with E-state index in [4.69, 9.17) is 4.74 Å². The molecule has 0 aromatic heterocycles. The van der Waals surface area contributed by atoms with E-state index < -0.39 is 5.41 Å². The molecule has 1 unspecified atom stereocenters. The van der Waals surface area contributed by atoms with Crippen LogP contribution in [0, 0.1) is 22.2 Å². The van der Waals surface area contributed by atoms with Gasteiger partial charge in [0.1, 0.15) is 0 Å². The van der Waals surface area contributed by atoms with Crippen molar-refractivity contribution in [2.75, 3.05) is 6.61 Å². The Morgan fingerprint density at radius 3 is 1.85 bits per heavy atom. The molecule has 0 saturated carbocycles. The second-order valence-electron chi connectivity index (χ2n) is 8.99. The molecule has 0 heterocycles. The minimum atomic E-state index is -0.441. The van der Waals surface area contributed by atoms with E-state index in [0.29, 0.717) is 12.5 Å². The Hall–Kier alpha value is -0.530. The lowest BCUT2D eigenvalue weighted by Gasteiger charge is -2.43. The minimum absolute atomic E-state index is 0.0383. The van der Waals surface area contributed by atoms with E-state index in [2.05, 4.69) is 62.3 Å². The van der Waals surface area contributed by atoms with Gasteiger partial charge in [-0.3, -0.25) is 4.79 Å². The van der Waals surface area contributed by atoms with E-state index in [0.717, 1.165) is 19.3 Å². The quantitative estimate of drug-likeness (QED) is 0.478. The van der Waals surface area contributed by atoms with E-state index in [1.165, 1.54) is 0 Å². The summed E-state index contributed by atoms with van der Waals surface area (Å²) in [5.74, 6) is 0.626. The largest absolute Gasteiger partial charge is 0.465 e. The van der Waals surface area contributed by atoms with Gasteiger partial charge in [-0.15, -0.1) is 0 Å². The maximum atomic E-state index is 12.6. The van der Waals surface area contributed by atoms with E-state index >= 15 is 0 Å². The second kappa shape index (κ2) is 6.95. The Kier molecular flexibility index (Phi) is 6.77. The average molecular weight is 284 g/mol. The van der Waals surface area contributed by atoms with Gasteiger partial charge in [-0.2, -0.15) is 0 Å². The molecule has 0 rings (SSSR count). The Morgan fingerprint density at radius 1 is 1.00 bits per heavy atom. The van der Waals surface area contributed by atoms with Crippen LogP contribution < -0.4 is 0 Å². The van der Waals surface area contributed by atoms with E-state index in [1.54, 1.807) is 0 Å². The molecule has 1 atom stereocenters. The maximum absolute atomic E-state index is 12.6. The summed E-state index contributed by atoms with van der Waals surface area (Å²) in [6.45, 7) is 19.9. The zero-order chi connectivity index (χ0) is 16.2. The normalized spacial score (nSPS) is 16.1. The monoisotopic (exact) mass is 284 g/mol. The molecule has 0 aliphatic rings. The zero-order valence-electron chi connectivity index (χ0n) is 15.2. The molecule has 0 aliphatic heterocycles. The lowest BCUT2D eigenvalue weighted by atomic mass is 9.61. The van der Waals surface area contributed by atoms with Gasteiger partial charge in [-0.25, -0.2) is 0 Å². The number of hydrogen-bond donors (Lipinski definition) is 0. The van der Waals surface area contributed by atoms with Gasteiger partial charge in [0.15, 0.2) is 0 Å². The van der Waals surface area contributed by atoms with Crippen LogP contribution in [0.3, 0.4) is 0 Å². The van der Waals surface area contributed by atoms with Gasteiger partial charge in [0.2, 0.25) is 0 Å². The van der Waals surface area contributed by atoms with Crippen LogP contribution in [0.5, 0.6) is 0 Å². The molecule has 0 aromatic rings. The van der Waals surface area contributed by atoms with Crippen LogP contribution in [0.15, 0.2) is 0 Å². The molecule has 0 amide bonds. The Labute approximate surface area is 126 Å².